The van der Waals surface area contributed by atoms with Crippen molar-refractivity contribution in [2.75, 3.05) is 29.4 Å². The lowest BCUT2D eigenvalue weighted by Gasteiger charge is -2.58. The number of nitrogens with one attached hydrogen (secondary N) is 1. The second-order valence-electron chi connectivity index (χ2n) is 11.3. The van der Waals surface area contributed by atoms with Gasteiger partial charge in [0, 0.05) is 43.6 Å². The first kappa shape index (κ1) is 21.8. The first-order chi connectivity index (χ1) is 16.4. The Bertz CT molecular complexity index is 1060. The summed E-state index contributed by atoms with van der Waals surface area (Å²) >= 11 is 0. The first-order valence-electron chi connectivity index (χ1n) is 12.8. The van der Waals surface area contributed by atoms with Gasteiger partial charge < -0.3 is 20.2 Å². The van der Waals surface area contributed by atoms with E-state index in [0.717, 1.165) is 51.7 Å². The third kappa shape index (κ3) is 3.94. The maximum absolute atomic E-state index is 13.2. The van der Waals surface area contributed by atoms with Crippen molar-refractivity contribution in [2.24, 2.45) is 17.8 Å². The number of carbonyl (C=O) groups is 1. The zero-order valence-electron chi connectivity index (χ0n) is 20.2. The normalized spacial score (nSPS) is 34.4. The van der Waals surface area contributed by atoms with Gasteiger partial charge in [-0.05, 0) is 81.9 Å². The highest BCUT2D eigenvalue weighted by atomic mass is 16.3. The predicted octanol–water partition coefficient (Wildman–Crippen LogP) is 3.17. The molecule has 34 heavy (non-hydrogen) atoms. The summed E-state index contributed by atoms with van der Waals surface area (Å²) in [5.41, 5.74) is 2.46. The van der Waals surface area contributed by atoms with Gasteiger partial charge in [-0.3, -0.25) is 4.79 Å². The summed E-state index contributed by atoms with van der Waals surface area (Å²) in [5.74, 6) is 1.91. The van der Waals surface area contributed by atoms with Crippen molar-refractivity contribution in [3.63, 3.8) is 0 Å². The molecular weight excluding hydrogens is 426 g/mol. The molecule has 180 valence electrons. The van der Waals surface area contributed by atoms with Crippen LogP contribution in [0.15, 0.2) is 36.5 Å². The Morgan fingerprint density at radius 3 is 2.50 bits per heavy atom. The molecule has 0 radical (unpaired) electrons. The van der Waals surface area contributed by atoms with Crippen LogP contribution < -0.4 is 15.1 Å². The van der Waals surface area contributed by atoms with Crippen LogP contribution in [0.3, 0.4) is 0 Å². The predicted molar refractivity (Wildman–Crippen MR) is 132 cm³/mol. The Labute approximate surface area is 201 Å². The minimum Gasteiger partial charge on any atom is -0.390 e. The number of piperazine rings is 1. The van der Waals surface area contributed by atoms with Gasteiger partial charge in [0.25, 0.3) is 5.91 Å². The third-order valence-electron chi connectivity index (χ3n) is 8.70. The fourth-order valence-electron chi connectivity index (χ4n) is 7.30. The Balaban J connectivity index is 1.13. The molecule has 1 aliphatic heterocycles. The molecule has 1 saturated heterocycles. The van der Waals surface area contributed by atoms with Gasteiger partial charge >= 0.3 is 0 Å². The van der Waals surface area contributed by atoms with E-state index in [9.17, 15) is 9.90 Å². The van der Waals surface area contributed by atoms with Crippen LogP contribution in [-0.4, -0.2) is 58.3 Å². The molecule has 7 heteroatoms. The van der Waals surface area contributed by atoms with Crippen LogP contribution in [0.2, 0.25) is 0 Å². The molecule has 0 spiro atoms. The van der Waals surface area contributed by atoms with E-state index in [0.29, 0.717) is 29.4 Å². The van der Waals surface area contributed by atoms with E-state index in [-0.39, 0.29) is 18.0 Å². The molecule has 1 aromatic heterocycles. The van der Waals surface area contributed by atoms with Crippen molar-refractivity contribution in [1.29, 1.82) is 0 Å². The molecule has 4 aliphatic carbocycles. The monoisotopic (exact) mass is 461 g/mol. The summed E-state index contributed by atoms with van der Waals surface area (Å²) in [6.45, 7) is 6.89. The molecular formula is C27H35N5O2. The number of rotatable bonds is 4. The van der Waals surface area contributed by atoms with E-state index in [1.165, 1.54) is 11.3 Å². The highest BCUT2D eigenvalue weighted by Gasteiger charge is 2.55. The molecule has 2 aromatic rings. The van der Waals surface area contributed by atoms with Crippen molar-refractivity contribution >= 4 is 17.5 Å². The quantitative estimate of drug-likeness (QED) is 0.728. The van der Waals surface area contributed by atoms with Crippen molar-refractivity contribution in [2.45, 2.75) is 63.6 Å². The van der Waals surface area contributed by atoms with E-state index >= 15 is 0 Å². The number of hydrogen-bond acceptors (Lipinski definition) is 6. The van der Waals surface area contributed by atoms with Gasteiger partial charge in [-0.25, -0.2) is 9.97 Å². The number of nitrogens with zero attached hydrogens (tertiary/aromatic N) is 4. The van der Waals surface area contributed by atoms with Crippen molar-refractivity contribution in [3.8, 4) is 0 Å². The highest BCUT2D eigenvalue weighted by molar-refractivity contribution is 5.92. The lowest BCUT2D eigenvalue weighted by Crippen LogP contribution is -2.61. The third-order valence-corrected chi connectivity index (χ3v) is 8.70. The fourth-order valence-corrected chi connectivity index (χ4v) is 7.30. The molecule has 4 bridgehead atoms. The van der Waals surface area contributed by atoms with Gasteiger partial charge in [0.15, 0.2) is 0 Å². The molecule has 2 N–H and O–H groups in total. The number of amides is 1. The van der Waals surface area contributed by atoms with Gasteiger partial charge in [-0.15, -0.1) is 0 Å². The lowest BCUT2D eigenvalue weighted by molar-refractivity contribution is -0.136. The van der Waals surface area contributed by atoms with E-state index in [2.05, 4.69) is 63.2 Å². The minimum atomic E-state index is -0.489. The molecule has 2 heterocycles. The Morgan fingerprint density at radius 2 is 1.82 bits per heavy atom. The van der Waals surface area contributed by atoms with E-state index in [1.807, 2.05) is 0 Å². The topological polar surface area (TPSA) is 81.6 Å². The van der Waals surface area contributed by atoms with Crippen LogP contribution in [0.25, 0.3) is 0 Å². The zero-order valence-corrected chi connectivity index (χ0v) is 20.2. The highest BCUT2D eigenvalue weighted by Crippen LogP contribution is 2.55. The average Bonchev–Trinajstić information content (AvgIpc) is 2.81. The van der Waals surface area contributed by atoms with Crippen molar-refractivity contribution in [1.82, 2.24) is 15.3 Å². The summed E-state index contributed by atoms with van der Waals surface area (Å²) in [7, 11) is 0. The zero-order chi connectivity index (χ0) is 23.4. The molecule has 1 amide bonds. The number of carbonyl (C=O) groups excluding carboxylic acids is 1. The molecule has 2 unspecified atom stereocenters. The summed E-state index contributed by atoms with van der Waals surface area (Å²) in [6, 6.07) is 10.8. The molecule has 3 atom stereocenters. The standard InChI is InChI=1S/C27H35N5O2/c1-17-3-5-22(6-4-17)31-9-10-32(18(2)16-31)26-28-8-7-23(29-26)25(33)30-24-20-11-19-12-21(24)15-27(34,13-19)14-20/h3-8,18-21,24,34H,9-16H2,1-2H3,(H,30,33)/t18-,19?,20?,21?,24?,27?/m1/s1. The van der Waals surface area contributed by atoms with Crippen LogP contribution in [0.4, 0.5) is 11.6 Å². The second kappa shape index (κ2) is 8.22. The SMILES string of the molecule is Cc1ccc(N2CCN(c3nccc(C(=O)NC4C5CC6CC4CC(O)(C6)C5)n3)[C@H](C)C2)cc1. The van der Waals surface area contributed by atoms with Gasteiger partial charge in [-0.1, -0.05) is 17.7 Å². The molecule has 4 saturated carbocycles. The number of aryl methyl sites for hydroxylation is 1. The van der Waals surface area contributed by atoms with Gasteiger partial charge in [0.1, 0.15) is 5.69 Å². The van der Waals surface area contributed by atoms with Crippen molar-refractivity contribution in [3.05, 3.63) is 47.8 Å². The summed E-state index contributed by atoms with van der Waals surface area (Å²) in [5, 5.41) is 14.1. The lowest BCUT2D eigenvalue weighted by atomic mass is 9.52. The molecule has 5 aliphatic rings. The maximum atomic E-state index is 13.2. The van der Waals surface area contributed by atoms with Crippen LogP contribution >= 0.6 is 0 Å². The smallest absolute Gasteiger partial charge is 0.270 e. The van der Waals surface area contributed by atoms with E-state index < -0.39 is 5.60 Å². The number of benzene rings is 1. The largest absolute Gasteiger partial charge is 0.390 e. The number of aliphatic hydroxyl groups is 1. The van der Waals surface area contributed by atoms with Gasteiger partial charge in [0.2, 0.25) is 5.95 Å². The fraction of sp³-hybridized carbons (Fsp3) is 0.593. The maximum Gasteiger partial charge on any atom is 0.270 e. The summed E-state index contributed by atoms with van der Waals surface area (Å²) in [4.78, 5) is 27.0. The minimum absolute atomic E-state index is 0.112. The van der Waals surface area contributed by atoms with E-state index in [4.69, 9.17) is 0 Å². The van der Waals surface area contributed by atoms with Crippen molar-refractivity contribution < 1.29 is 9.90 Å². The van der Waals surface area contributed by atoms with Crippen LogP contribution in [0.5, 0.6) is 0 Å². The van der Waals surface area contributed by atoms with Gasteiger partial charge in [-0.2, -0.15) is 0 Å². The molecule has 7 nitrogen and oxygen atoms in total. The summed E-state index contributed by atoms with van der Waals surface area (Å²) < 4.78 is 0. The number of anilines is 2. The molecule has 1 aromatic carbocycles. The molecule has 5 fully saturated rings. The Morgan fingerprint density at radius 1 is 1.09 bits per heavy atom. The molecule has 7 rings (SSSR count). The Kier molecular flexibility index (Phi) is 5.28. The van der Waals surface area contributed by atoms with Crippen LogP contribution in [0, 0.1) is 24.7 Å². The Hall–Kier alpha value is -2.67. The van der Waals surface area contributed by atoms with Crippen LogP contribution in [0.1, 0.15) is 55.1 Å². The van der Waals surface area contributed by atoms with E-state index in [1.54, 1.807) is 12.3 Å². The van der Waals surface area contributed by atoms with Crippen LogP contribution in [-0.2, 0) is 0 Å². The first-order valence-corrected chi connectivity index (χ1v) is 12.8. The summed E-state index contributed by atoms with van der Waals surface area (Å²) in [6.07, 6.45) is 6.55. The second-order valence-corrected chi connectivity index (χ2v) is 11.3. The average molecular weight is 462 g/mol. The number of aromatic nitrogens is 2. The number of hydrogen-bond donors (Lipinski definition) is 2. The van der Waals surface area contributed by atoms with Gasteiger partial charge in [0.05, 0.1) is 5.60 Å².